The number of unbranched alkanes of at least 4 members (excludes halogenated alkanes) is 2. The Kier molecular flexibility index (Phi) is 13.8. The largest absolute Gasteiger partial charge is 0.492 e. The predicted molar refractivity (Wildman–Crippen MR) is 120 cm³/mol. The molecule has 0 radical (unpaired) electrons. The van der Waals surface area contributed by atoms with Gasteiger partial charge in [0.1, 0.15) is 12.4 Å². The molecule has 0 aromatic heterocycles. The van der Waals surface area contributed by atoms with Crippen LogP contribution < -0.4 is 4.74 Å². The molecular weight excluding hydrogens is 406 g/mol. The van der Waals surface area contributed by atoms with E-state index >= 15 is 0 Å². The van der Waals surface area contributed by atoms with E-state index in [1.165, 1.54) is 26.4 Å². The van der Waals surface area contributed by atoms with Crippen LogP contribution in [0.15, 0.2) is 24.3 Å². The Hall–Kier alpha value is -1.93. The van der Waals surface area contributed by atoms with Gasteiger partial charge in [-0.3, -0.25) is 0 Å². The number of hydrogen-bond donors (Lipinski definition) is 1. The molecule has 0 spiro atoms. The van der Waals surface area contributed by atoms with E-state index < -0.39 is 12.1 Å². The molecule has 0 bridgehead atoms. The van der Waals surface area contributed by atoms with Crippen LogP contribution in [0.3, 0.4) is 0 Å². The molecule has 0 saturated heterocycles. The number of ether oxygens (including phenoxy) is 3. The van der Waals surface area contributed by atoms with Crippen molar-refractivity contribution in [3.63, 3.8) is 0 Å². The highest BCUT2D eigenvalue weighted by molar-refractivity contribution is 7.99. The van der Waals surface area contributed by atoms with Crippen molar-refractivity contribution in [2.24, 2.45) is 0 Å². The molecule has 1 amide bonds. The van der Waals surface area contributed by atoms with Crippen molar-refractivity contribution in [3.05, 3.63) is 29.8 Å². The van der Waals surface area contributed by atoms with E-state index in [1.54, 1.807) is 24.0 Å². The van der Waals surface area contributed by atoms with E-state index in [0.29, 0.717) is 38.5 Å². The summed E-state index contributed by atoms with van der Waals surface area (Å²) in [6, 6.07) is 7.25. The van der Waals surface area contributed by atoms with Crippen molar-refractivity contribution in [3.8, 4) is 5.75 Å². The Balaban J connectivity index is 2.42. The van der Waals surface area contributed by atoms with Gasteiger partial charge in [0.25, 0.3) is 0 Å². The zero-order valence-corrected chi connectivity index (χ0v) is 19.1. The molecule has 0 aliphatic carbocycles. The van der Waals surface area contributed by atoms with Gasteiger partial charge in [-0.2, -0.15) is 11.8 Å². The Morgan fingerprint density at radius 3 is 2.43 bits per heavy atom. The lowest BCUT2D eigenvalue weighted by Crippen LogP contribution is -2.36. The molecule has 1 rings (SSSR count). The molecular formula is C22H35NO6S. The van der Waals surface area contributed by atoms with Crippen molar-refractivity contribution in [2.45, 2.75) is 45.6 Å². The van der Waals surface area contributed by atoms with Crippen LogP contribution in [0.4, 0.5) is 4.79 Å². The molecule has 0 heterocycles. The van der Waals surface area contributed by atoms with Gasteiger partial charge < -0.3 is 24.2 Å². The second kappa shape index (κ2) is 15.8. The zero-order chi connectivity index (χ0) is 22.2. The summed E-state index contributed by atoms with van der Waals surface area (Å²) in [5, 5.41) is 9.18. The van der Waals surface area contributed by atoms with Gasteiger partial charge in [0.15, 0.2) is 6.10 Å². The maximum absolute atomic E-state index is 12.0. The molecule has 8 heteroatoms. The van der Waals surface area contributed by atoms with Crippen LogP contribution in [-0.4, -0.2) is 73.1 Å². The highest BCUT2D eigenvalue weighted by Gasteiger charge is 2.18. The normalized spacial score (nSPS) is 11.7. The van der Waals surface area contributed by atoms with Crippen LogP contribution in [0.25, 0.3) is 0 Å². The zero-order valence-electron chi connectivity index (χ0n) is 18.3. The van der Waals surface area contributed by atoms with Crippen molar-refractivity contribution < 1.29 is 28.9 Å². The van der Waals surface area contributed by atoms with E-state index in [9.17, 15) is 14.7 Å². The van der Waals surface area contributed by atoms with Gasteiger partial charge in [0.2, 0.25) is 0 Å². The van der Waals surface area contributed by atoms with Crippen molar-refractivity contribution in [2.75, 3.05) is 44.9 Å². The standard InChI is InChI=1S/C22H35NO6S/c1-4-6-7-15-30-16-13-23(22(26)27-3)12-14-29-19-10-8-18(9-11-19)17-20(21(24)25)28-5-2/h8-11,20H,4-7,12-17H2,1-3H3,(H,24,25). The number of carboxylic acids is 1. The maximum Gasteiger partial charge on any atom is 0.409 e. The van der Waals surface area contributed by atoms with Gasteiger partial charge >= 0.3 is 12.1 Å². The van der Waals surface area contributed by atoms with Crippen molar-refractivity contribution >= 4 is 23.8 Å². The minimum atomic E-state index is -0.969. The Labute approximate surface area is 184 Å². The summed E-state index contributed by atoms with van der Waals surface area (Å²) in [7, 11) is 1.38. The van der Waals surface area contributed by atoms with Gasteiger partial charge in [0.05, 0.1) is 13.7 Å². The first-order valence-electron chi connectivity index (χ1n) is 10.5. The molecule has 1 N–H and O–H groups in total. The predicted octanol–water partition coefficient (Wildman–Crippen LogP) is 4.09. The summed E-state index contributed by atoms with van der Waals surface area (Å²) in [4.78, 5) is 24.8. The van der Waals surface area contributed by atoms with E-state index in [1.807, 2.05) is 23.9 Å². The van der Waals surface area contributed by atoms with Crippen molar-refractivity contribution in [1.29, 1.82) is 0 Å². The fraction of sp³-hybridized carbons (Fsp3) is 0.636. The van der Waals surface area contributed by atoms with Crippen LogP contribution >= 0.6 is 11.8 Å². The lowest BCUT2D eigenvalue weighted by Gasteiger charge is -2.21. The summed E-state index contributed by atoms with van der Waals surface area (Å²) < 4.78 is 15.8. The van der Waals surface area contributed by atoms with Crippen molar-refractivity contribution in [1.82, 2.24) is 4.90 Å². The van der Waals surface area contributed by atoms with E-state index in [2.05, 4.69) is 6.92 Å². The van der Waals surface area contributed by atoms with Crippen LogP contribution in [0.2, 0.25) is 0 Å². The molecule has 7 nitrogen and oxygen atoms in total. The van der Waals surface area contributed by atoms with E-state index in [-0.39, 0.29) is 6.09 Å². The molecule has 0 saturated carbocycles. The van der Waals surface area contributed by atoms with Crippen LogP contribution in [-0.2, 0) is 20.7 Å². The second-order valence-corrected chi connectivity index (χ2v) is 7.98. The Bertz CT molecular complexity index is 610. The van der Waals surface area contributed by atoms with Gasteiger partial charge in [0, 0.05) is 25.3 Å². The van der Waals surface area contributed by atoms with E-state index in [4.69, 9.17) is 14.2 Å². The number of amides is 1. The summed E-state index contributed by atoms with van der Waals surface area (Å²) in [6.45, 7) is 5.73. The average molecular weight is 442 g/mol. The molecule has 1 aromatic carbocycles. The highest BCUT2D eigenvalue weighted by atomic mass is 32.2. The lowest BCUT2D eigenvalue weighted by molar-refractivity contribution is -0.149. The number of benzene rings is 1. The molecule has 30 heavy (non-hydrogen) atoms. The molecule has 0 aliphatic heterocycles. The first kappa shape index (κ1) is 26.1. The quantitative estimate of drug-likeness (QED) is 0.387. The summed E-state index contributed by atoms with van der Waals surface area (Å²) >= 11 is 1.85. The minimum absolute atomic E-state index is 0.301. The Morgan fingerprint density at radius 2 is 1.83 bits per heavy atom. The summed E-state index contributed by atoms with van der Waals surface area (Å²) in [5.41, 5.74) is 0.861. The monoisotopic (exact) mass is 441 g/mol. The third kappa shape index (κ3) is 10.7. The topological polar surface area (TPSA) is 85.3 Å². The maximum atomic E-state index is 12.0. The van der Waals surface area contributed by atoms with Gasteiger partial charge in [-0.15, -0.1) is 0 Å². The second-order valence-electron chi connectivity index (χ2n) is 6.76. The summed E-state index contributed by atoms with van der Waals surface area (Å²) in [5.74, 6) is 1.68. The van der Waals surface area contributed by atoms with Crippen LogP contribution in [0, 0.1) is 0 Å². The number of carbonyl (C=O) groups is 2. The molecule has 1 unspecified atom stereocenters. The molecule has 170 valence electrons. The number of carboxylic acid groups (broad SMARTS) is 1. The minimum Gasteiger partial charge on any atom is -0.492 e. The lowest BCUT2D eigenvalue weighted by atomic mass is 10.1. The van der Waals surface area contributed by atoms with E-state index in [0.717, 1.165) is 17.1 Å². The van der Waals surface area contributed by atoms with Crippen LogP contribution in [0.1, 0.15) is 38.7 Å². The SMILES string of the molecule is CCCCCSCCN(CCOc1ccc(CC(OCC)C(=O)O)cc1)C(=O)OC. The fourth-order valence-electron chi connectivity index (χ4n) is 2.78. The van der Waals surface area contributed by atoms with Gasteiger partial charge in [-0.05, 0) is 36.8 Å². The number of rotatable bonds is 16. The number of carbonyl (C=O) groups excluding carboxylic acids is 1. The molecule has 1 aromatic rings. The Morgan fingerprint density at radius 1 is 1.10 bits per heavy atom. The smallest absolute Gasteiger partial charge is 0.409 e. The third-order valence-electron chi connectivity index (χ3n) is 4.45. The number of methoxy groups -OCH3 is 1. The van der Waals surface area contributed by atoms with Crippen LogP contribution in [0.5, 0.6) is 5.75 Å². The van der Waals surface area contributed by atoms with Gasteiger partial charge in [-0.1, -0.05) is 31.9 Å². The first-order valence-corrected chi connectivity index (χ1v) is 11.6. The molecule has 0 fully saturated rings. The number of hydrogen-bond acceptors (Lipinski definition) is 6. The number of aliphatic carboxylic acids is 1. The third-order valence-corrected chi connectivity index (χ3v) is 5.50. The first-order chi connectivity index (χ1) is 14.5. The highest BCUT2D eigenvalue weighted by Crippen LogP contribution is 2.15. The fourth-order valence-corrected chi connectivity index (χ4v) is 3.74. The summed E-state index contributed by atoms with van der Waals surface area (Å²) in [6.07, 6.45) is 2.75. The number of nitrogens with zero attached hydrogens (tertiary/aromatic N) is 1. The molecule has 0 aliphatic rings. The number of thioether (sulfide) groups is 1. The van der Waals surface area contributed by atoms with Gasteiger partial charge in [-0.25, -0.2) is 9.59 Å². The molecule has 1 atom stereocenters. The average Bonchev–Trinajstić information content (AvgIpc) is 2.75.